The lowest BCUT2D eigenvalue weighted by atomic mass is 9.97. The molecule has 0 fully saturated rings. The minimum absolute atomic E-state index is 0.0321. The summed E-state index contributed by atoms with van der Waals surface area (Å²) in [6.07, 6.45) is 4.05. The van der Waals surface area contributed by atoms with Crippen molar-refractivity contribution in [3.63, 3.8) is 0 Å². The molecule has 4 nitrogen and oxygen atoms in total. The number of hydrogen-bond donors (Lipinski definition) is 2. The number of aryl methyl sites for hydroxylation is 1. The van der Waals surface area contributed by atoms with Gasteiger partial charge in [0.15, 0.2) is 0 Å². The van der Waals surface area contributed by atoms with Crippen LogP contribution < -0.4 is 10.6 Å². The van der Waals surface area contributed by atoms with Crippen LogP contribution in [0.4, 0.5) is 5.69 Å². The van der Waals surface area contributed by atoms with Crippen molar-refractivity contribution in [2.24, 2.45) is 0 Å². The predicted octanol–water partition coefficient (Wildman–Crippen LogP) is 3.10. The van der Waals surface area contributed by atoms with Gasteiger partial charge in [0.2, 0.25) is 11.8 Å². The Morgan fingerprint density at radius 2 is 2.19 bits per heavy atom. The molecular weight excluding hydrogens is 264 g/mol. The number of benzene rings is 1. The van der Waals surface area contributed by atoms with Gasteiger partial charge < -0.3 is 10.6 Å². The Bertz CT molecular complexity index is 590. The summed E-state index contributed by atoms with van der Waals surface area (Å²) in [7, 11) is 0. The highest BCUT2D eigenvalue weighted by Gasteiger charge is 2.17. The van der Waals surface area contributed by atoms with E-state index in [0.717, 1.165) is 35.2 Å². The number of anilines is 1. The number of amides is 2. The first-order chi connectivity index (χ1) is 10.0. The maximum atomic E-state index is 12.0. The molecule has 1 aromatic rings. The first-order valence-electron chi connectivity index (χ1n) is 7.41. The van der Waals surface area contributed by atoms with Gasteiger partial charge in [-0.1, -0.05) is 25.1 Å². The first-order valence-corrected chi connectivity index (χ1v) is 7.41. The molecule has 1 aromatic carbocycles. The van der Waals surface area contributed by atoms with Gasteiger partial charge in [-0.05, 0) is 43.9 Å². The molecular formula is C17H22N2O2. The van der Waals surface area contributed by atoms with Crippen LogP contribution in [0, 0.1) is 0 Å². The largest absolute Gasteiger partial charge is 0.346 e. The number of carbonyl (C=O) groups is 2. The third-order valence-corrected chi connectivity index (χ3v) is 3.74. The van der Waals surface area contributed by atoms with Crippen molar-refractivity contribution in [2.45, 2.75) is 46.1 Å². The molecule has 2 rings (SSSR count). The van der Waals surface area contributed by atoms with Crippen molar-refractivity contribution in [1.82, 2.24) is 5.32 Å². The summed E-state index contributed by atoms with van der Waals surface area (Å²) in [4.78, 5) is 23.4. The molecule has 0 radical (unpaired) electrons. The normalized spacial score (nSPS) is 16.0. The van der Waals surface area contributed by atoms with Gasteiger partial charge in [0.05, 0.1) is 6.04 Å². The van der Waals surface area contributed by atoms with E-state index < -0.39 is 0 Å². The molecule has 0 aromatic heterocycles. The SMILES string of the molecule is CC/C=C(\C)C(=O)N[C@@H](C)c1ccc2c(c1)CCC(=O)N2. The minimum atomic E-state index is -0.0550. The second-order valence-electron chi connectivity index (χ2n) is 5.46. The molecule has 1 atom stereocenters. The van der Waals surface area contributed by atoms with Crippen LogP contribution in [0.1, 0.15) is 50.8 Å². The van der Waals surface area contributed by atoms with Crippen LogP contribution in [0.15, 0.2) is 29.8 Å². The molecule has 0 saturated carbocycles. The third-order valence-electron chi connectivity index (χ3n) is 3.74. The predicted molar refractivity (Wildman–Crippen MR) is 84.0 cm³/mol. The van der Waals surface area contributed by atoms with Crippen molar-refractivity contribution in [2.75, 3.05) is 5.32 Å². The molecule has 112 valence electrons. The molecule has 0 aliphatic carbocycles. The summed E-state index contributed by atoms with van der Waals surface area (Å²) < 4.78 is 0. The van der Waals surface area contributed by atoms with Gasteiger partial charge in [-0.3, -0.25) is 9.59 Å². The zero-order chi connectivity index (χ0) is 15.4. The lowest BCUT2D eigenvalue weighted by molar-refractivity contribution is -0.118. The number of rotatable bonds is 4. The summed E-state index contributed by atoms with van der Waals surface area (Å²) in [5, 5.41) is 5.87. The second-order valence-corrected chi connectivity index (χ2v) is 5.46. The maximum absolute atomic E-state index is 12.0. The Balaban J connectivity index is 2.10. The molecule has 4 heteroatoms. The summed E-state index contributed by atoms with van der Waals surface area (Å²) >= 11 is 0. The van der Waals surface area contributed by atoms with Gasteiger partial charge in [0.1, 0.15) is 0 Å². The first kappa shape index (κ1) is 15.3. The third kappa shape index (κ3) is 3.72. The lowest BCUT2D eigenvalue weighted by Crippen LogP contribution is -2.27. The lowest BCUT2D eigenvalue weighted by Gasteiger charge is -2.20. The van der Waals surface area contributed by atoms with Crippen molar-refractivity contribution >= 4 is 17.5 Å². The van der Waals surface area contributed by atoms with Gasteiger partial charge in [0.25, 0.3) is 0 Å². The fourth-order valence-electron chi connectivity index (χ4n) is 2.47. The van der Waals surface area contributed by atoms with E-state index in [1.54, 1.807) is 0 Å². The number of allylic oxidation sites excluding steroid dienone is 1. The summed E-state index contributed by atoms with van der Waals surface area (Å²) in [6, 6.07) is 5.88. The minimum Gasteiger partial charge on any atom is -0.346 e. The molecule has 2 amide bonds. The Morgan fingerprint density at radius 1 is 1.43 bits per heavy atom. The fourth-order valence-corrected chi connectivity index (χ4v) is 2.47. The smallest absolute Gasteiger partial charge is 0.247 e. The molecule has 21 heavy (non-hydrogen) atoms. The van der Waals surface area contributed by atoms with Crippen LogP contribution in [0.3, 0.4) is 0 Å². The number of fused-ring (bicyclic) bond motifs is 1. The van der Waals surface area contributed by atoms with E-state index in [1.807, 2.05) is 39.0 Å². The van der Waals surface area contributed by atoms with Gasteiger partial charge in [0, 0.05) is 17.7 Å². The Morgan fingerprint density at radius 3 is 2.90 bits per heavy atom. The van der Waals surface area contributed by atoms with Crippen molar-refractivity contribution in [3.8, 4) is 0 Å². The monoisotopic (exact) mass is 286 g/mol. The fraction of sp³-hybridized carbons (Fsp3) is 0.412. The topological polar surface area (TPSA) is 58.2 Å². The summed E-state index contributed by atoms with van der Waals surface area (Å²) in [5.41, 5.74) is 3.82. The Kier molecular flexibility index (Phi) is 4.78. The van der Waals surface area contributed by atoms with Crippen LogP contribution >= 0.6 is 0 Å². The number of nitrogens with one attached hydrogen (secondary N) is 2. The van der Waals surface area contributed by atoms with Crippen LogP contribution in [-0.2, 0) is 16.0 Å². The van der Waals surface area contributed by atoms with E-state index in [2.05, 4.69) is 16.7 Å². The molecule has 0 spiro atoms. The molecule has 0 saturated heterocycles. The Labute approximate surface area is 125 Å². The highest BCUT2D eigenvalue weighted by molar-refractivity contribution is 5.94. The summed E-state index contributed by atoms with van der Waals surface area (Å²) in [5.74, 6) is 0.0345. The average Bonchev–Trinajstić information content (AvgIpc) is 2.46. The van der Waals surface area contributed by atoms with Gasteiger partial charge in [-0.15, -0.1) is 0 Å². The van der Waals surface area contributed by atoms with E-state index in [1.165, 1.54) is 0 Å². The zero-order valence-electron chi connectivity index (χ0n) is 12.8. The molecule has 1 aliphatic heterocycles. The van der Waals surface area contributed by atoms with E-state index in [0.29, 0.717) is 6.42 Å². The van der Waals surface area contributed by atoms with Gasteiger partial charge in [-0.2, -0.15) is 0 Å². The van der Waals surface area contributed by atoms with E-state index in [4.69, 9.17) is 0 Å². The maximum Gasteiger partial charge on any atom is 0.247 e. The highest BCUT2D eigenvalue weighted by Crippen LogP contribution is 2.26. The van der Waals surface area contributed by atoms with Gasteiger partial charge >= 0.3 is 0 Å². The van der Waals surface area contributed by atoms with Gasteiger partial charge in [-0.25, -0.2) is 0 Å². The number of hydrogen-bond acceptors (Lipinski definition) is 2. The van der Waals surface area contributed by atoms with Crippen molar-refractivity contribution in [1.29, 1.82) is 0 Å². The molecule has 0 unspecified atom stereocenters. The van der Waals surface area contributed by atoms with Crippen molar-refractivity contribution < 1.29 is 9.59 Å². The van der Waals surface area contributed by atoms with Crippen molar-refractivity contribution in [3.05, 3.63) is 41.0 Å². The van der Waals surface area contributed by atoms with Crippen LogP contribution in [0.2, 0.25) is 0 Å². The standard InChI is InChI=1S/C17H22N2O2/c1-4-5-11(2)17(21)18-12(3)13-6-8-15-14(10-13)7-9-16(20)19-15/h5-6,8,10,12H,4,7,9H2,1-3H3,(H,18,21)(H,19,20)/b11-5+/t12-/m0/s1. The molecule has 2 N–H and O–H groups in total. The second kappa shape index (κ2) is 6.57. The zero-order valence-corrected chi connectivity index (χ0v) is 12.8. The van der Waals surface area contributed by atoms with Crippen LogP contribution in [0.5, 0.6) is 0 Å². The van der Waals surface area contributed by atoms with Crippen LogP contribution in [0.25, 0.3) is 0 Å². The molecule has 0 bridgehead atoms. The quantitative estimate of drug-likeness (QED) is 0.836. The molecule has 1 aliphatic rings. The Hall–Kier alpha value is -2.10. The molecule has 1 heterocycles. The van der Waals surface area contributed by atoms with Crippen LogP contribution in [-0.4, -0.2) is 11.8 Å². The van der Waals surface area contributed by atoms with E-state index >= 15 is 0 Å². The van der Waals surface area contributed by atoms with E-state index in [9.17, 15) is 9.59 Å². The van der Waals surface area contributed by atoms with E-state index in [-0.39, 0.29) is 17.9 Å². The highest BCUT2D eigenvalue weighted by atomic mass is 16.2. The number of carbonyl (C=O) groups excluding carboxylic acids is 2. The summed E-state index contributed by atoms with van der Waals surface area (Å²) in [6.45, 7) is 5.81. The average molecular weight is 286 g/mol.